The molecule has 1 aromatic carbocycles. The van der Waals surface area contributed by atoms with Crippen molar-refractivity contribution in [3.05, 3.63) is 66.1 Å². The van der Waals surface area contributed by atoms with Crippen molar-refractivity contribution >= 4 is 5.91 Å². The van der Waals surface area contributed by atoms with Crippen molar-refractivity contribution in [1.82, 2.24) is 25.0 Å². The van der Waals surface area contributed by atoms with Gasteiger partial charge in [0, 0.05) is 63.9 Å². The van der Waals surface area contributed by atoms with Crippen molar-refractivity contribution in [2.45, 2.75) is 13.1 Å². The van der Waals surface area contributed by atoms with Crippen molar-refractivity contribution in [3.8, 4) is 17.0 Å². The highest BCUT2D eigenvalue weighted by Gasteiger charge is 2.10. The second-order valence-corrected chi connectivity index (χ2v) is 6.74. The monoisotopic (exact) mass is 379 g/mol. The molecule has 0 atom stereocenters. The summed E-state index contributed by atoms with van der Waals surface area (Å²) in [5.74, 6) is 0.622. The van der Waals surface area contributed by atoms with Crippen molar-refractivity contribution in [2.75, 3.05) is 20.7 Å². The first-order valence-electron chi connectivity index (χ1n) is 9.08. The molecular weight excluding hydrogens is 354 g/mol. The number of carbonyl (C=O) groups is 1. The van der Waals surface area contributed by atoms with Crippen molar-refractivity contribution in [1.29, 1.82) is 0 Å². The molecule has 0 aliphatic carbocycles. The van der Waals surface area contributed by atoms with Gasteiger partial charge in [-0.25, -0.2) is 0 Å². The number of pyridine rings is 1. The third kappa shape index (κ3) is 5.17. The minimum Gasteiger partial charge on any atom is -0.484 e. The molecule has 28 heavy (non-hydrogen) atoms. The average Bonchev–Trinajstić information content (AvgIpc) is 3.07. The fourth-order valence-corrected chi connectivity index (χ4v) is 2.78. The number of likely N-dealkylation sites (N-methyl/N-ethyl adjacent to an activating group) is 1. The second-order valence-electron chi connectivity index (χ2n) is 6.74. The number of ether oxygens (including phenoxy) is 1. The van der Waals surface area contributed by atoms with Crippen molar-refractivity contribution in [2.24, 2.45) is 7.05 Å². The first-order valence-corrected chi connectivity index (χ1v) is 9.08. The number of nitrogens with one attached hydrogen (secondary N) is 1. The summed E-state index contributed by atoms with van der Waals surface area (Å²) in [6, 6.07) is 11.7. The lowest BCUT2D eigenvalue weighted by Crippen LogP contribution is -2.27. The maximum absolute atomic E-state index is 11.7. The maximum Gasteiger partial charge on any atom is 0.259 e. The molecular formula is C21H25N5O2. The van der Waals surface area contributed by atoms with Gasteiger partial charge in [0.05, 0.1) is 5.69 Å². The largest absolute Gasteiger partial charge is 0.484 e. The quantitative estimate of drug-likeness (QED) is 0.650. The van der Waals surface area contributed by atoms with Gasteiger partial charge in [-0.05, 0) is 29.8 Å². The Balaban J connectivity index is 1.59. The van der Waals surface area contributed by atoms with Crippen LogP contribution in [0.2, 0.25) is 0 Å². The lowest BCUT2D eigenvalue weighted by atomic mass is 10.1. The maximum atomic E-state index is 11.7. The zero-order valence-corrected chi connectivity index (χ0v) is 16.4. The van der Waals surface area contributed by atoms with E-state index in [-0.39, 0.29) is 12.5 Å². The average molecular weight is 379 g/mol. The Morgan fingerprint density at radius 2 is 1.96 bits per heavy atom. The molecule has 0 spiro atoms. The topological polar surface area (TPSA) is 72.3 Å². The molecule has 7 nitrogen and oxygen atoms in total. The molecule has 2 heterocycles. The summed E-state index contributed by atoms with van der Waals surface area (Å²) >= 11 is 0. The number of aryl methyl sites for hydroxylation is 1. The summed E-state index contributed by atoms with van der Waals surface area (Å²) < 4.78 is 7.40. The van der Waals surface area contributed by atoms with Gasteiger partial charge in [-0.15, -0.1) is 0 Å². The van der Waals surface area contributed by atoms with Crippen LogP contribution in [0.1, 0.15) is 11.1 Å². The van der Waals surface area contributed by atoms with E-state index >= 15 is 0 Å². The van der Waals surface area contributed by atoms with Crippen LogP contribution in [0.5, 0.6) is 5.75 Å². The van der Waals surface area contributed by atoms with Crippen LogP contribution in [0.15, 0.2) is 55.0 Å². The fourth-order valence-electron chi connectivity index (χ4n) is 2.78. The van der Waals surface area contributed by atoms with E-state index in [4.69, 9.17) is 4.74 Å². The number of carbonyl (C=O) groups excluding carboxylic acids is 1. The summed E-state index contributed by atoms with van der Waals surface area (Å²) in [6.45, 7) is 1.41. The van der Waals surface area contributed by atoms with Crippen LogP contribution in [-0.2, 0) is 24.9 Å². The van der Waals surface area contributed by atoms with E-state index in [1.807, 2.05) is 54.3 Å². The smallest absolute Gasteiger partial charge is 0.259 e. The highest BCUT2D eigenvalue weighted by Crippen LogP contribution is 2.21. The predicted molar refractivity (Wildman–Crippen MR) is 108 cm³/mol. The molecule has 1 N–H and O–H groups in total. The molecule has 0 aliphatic heterocycles. The molecule has 0 saturated heterocycles. The molecule has 0 radical (unpaired) electrons. The minimum atomic E-state index is -0.0660. The molecule has 0 bridgehead atoms. The van der Waals surface area contributed by atoms with E-state index in [9.17, 15) is 4.79 Å². The van der Waals surface area contributed by atoms with E-state index in [0.717, 1.165) is 22.4 Å². The standard InChI is InChI=1S/C21H25N5O2/c1-25(2)20(27)15-28-19-6-4-5-16(11-19)12-23-13-18-14-26(3)24-21(18)17-7-9-22-10-8-17/h4-11,14,23H,12-13,15H2,1-3H3. The van der Waals surface area contributed by atoms with Crippen LogP contribution in [0.4, 0.5) is 0 Å². The normalized spacial score (nSPS) is 10.7. The molecule has 2 aromatic heterocycles. The first kappa shape index (κ1) is 19.6. The van der Waals surface area contributed by atoms with E-state index < -0.39 is 0 Å². The lowest BCUT2D eigenvalue weighted by molar-refractivity contribution is -0.130. The van der Waals surface area contributed by atoms with Gasteiger partial charge in [0.15, 0.2) is 6.61 Å². The van der Waals surface area contributed by atoms with Gasteiger partial charge in [-0.1, -0.05) is 12.1 Å². The summed E-state index contributed by atoms with van der Waals surface area (Å²) in [5, 5.41) is 8.02. The van der Waals surface area contributed by atoms with Crippen LogP contribution in [-0.4, -0.2) is 46.3 Å². The number of hydrogen-bond donors (Lipinski definition) is 1. The van der Waals surface area contributed by atoms with E-state index in [1.54, 1.807) is 26.5 Å². The van der Waals surface area contributed by atoms with Gasteiger partial charge in [0.2, 0.25) is 0 Å². The molecule has 146 valence electrons. The first-order chi connectivity index (χ1) is 13.5. The summed E-state index contributed by atoms with van der Waals surface area (Å²) in [6.07, 6.45) is 5.57. The van der Waals surface area contributed by atoms with Crippen molar-refractivity contribution < 1.29 is 9.53 Å². The van der Waals surface area contributed by atoms with Gasteiger partial charge < -0.3 is 15.0 Å². The number of hydrogen-bond acceptors (Lipinski definition) is 5. The van der Waals surface area contributed by atoms with E-state index in [2.05, 4.69) is 15.4 Å². The van der Waals surface area contributed by atoms with Crippen LogP contribution in [0.25, 0.3) is 11.3 Å². The van der Waals surface area contributed by atoms with E-state index in [1.165, 1.54) is 4.90 Å². The number of amides is 1. The third-order valence-electron chi connectivity index (χ3n) is 4.26. The molecule has 1 amide bonds. The summed E-state index contributed by atoms with van der Waals surface area (Å²) in [4.78, 5) is 17.2. The molecule has 3 aromatic rings. The van der Waals surface area contributed by atoms with Crippen LogP contribution in [0.3, 0.4) is 0 Å². The Hall–Kier alpha value is -3.19. The third-order valence-corrected chi connectivity index (χ3v) is 4.26. The minimum absolute atomic E-state index is 0.0366. The SMILES string of the molecule is CN(C)C(=O)COc1cccc(CNCc2cn(C)nc2-c2ccncc2)c1. The number of benzene rings is 1. The van der Waals surface area contributed by atoms with Gasteiger partial charge in [0.25, 0.3) is 5.91 Å². The Morgan fingerprint density at radius 1 is 1.18 bits per heavy atom. The number of aromatic nitrogens is 3. The molecule has 0 saturated carbocycles. The Labute approximate surface area is 165 Å². The Kier molecular flexibility index (Phi) is 6.39. The molecule has 7 heteroatoms. The number of nitrogens with zero attached hydrogens (tertiary/aromatic N) is 4. The lowest BCUT2D eigenvalue weighted by Gasteiger charge is -2.12. The van der Waals surface area contributed by atoms with Gasteiger partial charge in [0.1, 0.15) is 5.75 Å². The van der Waals surface area contributed by atoms with Gasteiger partial charge >= 0.3 is 0 Å². The van der Waals surface area contributed by atoms with Gasteiger partial charge in [-0.3, -0.25) is 14.5 Å². The summed E-state index contributed by atoms with van der Waals surface area (Å²) in [5.41, 5.74) is 4.21. The fraction of sp³-hybridized carbons (Fsp3) is 0.286. The molecule has 0 fully saturated rings. The van der Waals surface area contributed by atoms with Crippen LogP contribution < -0.4 is 10.1 Å². The van der Waals surface area contributed by atoms with Crippen LogP contribution in [0, 0.1) is 0 Å². The zero-order chi connectivity index (χ0) is 19.9. The van der Waals surface area contributed by atoms with Gasteiger partial charge in [-0.2, -0.15) is 5.10 Å². The summed E-state index contributed by atoms with van der Waals surface area (Å²) in [7, 11) is 5.35. The zero-order valence-electron chi connectivity index (χ0n) is 16.4. The van der Waals surface area contributed by atoms with E-state index in [0.29, 0.717) is 18.8 Å². The molecule has 0 unspecified atom stereocenters. The van der Waals surface area contributed by atoms with Crippen molar-refractivity contribution in [3.63, 3.8) is 0 Å². The molecule has 3 rings (SSSR count). The number of rotatable bonds is 8. The molecule has 0 aliphatic rings. The second kappa shape index (κ2) is 9.14. The highest BCUT2D eigenvalue weighted by atomic mass is 16.5. The van der Waals surface area contributed by atoms with Crippen LogP contribution >= 0.6 is 0 Å². The highest BCUT2D eigenvalue weighted by molar-refractivity contribution is 5.77. The Bertz CT molecular complexity index is 922. The Morgan fingerprint density at radius 3 is 2.71 bits per heavy atom. The predicted octanol–water partition coefficient (Wildman–Crippen LogP) is 2.24.